The third-order valence-corrected chi connectivity index (χ3v) is 5.77. The second-order valence-corrected chi connectivity index (χ2v) is 8.47. The minimum atomic E-state index is 0.702. The molecule has 2 heterocycles. The molecule has 146 valence electrons. The van der Waals surface area contributed by atoms with E-state index < -0.39 is 0 Å². The molecule has 0 amide bonds. The first kappa shape index (κ1) is 19.8. The molecule has 0 aliphatic carbocycles. The highest BCUT2D eigenvalue weighted by Gasteiger charge is 2.10. The number of hydrogen-bond acceptors (Lipinski definition) is 4. The fourth-order valence-corrected chi connectivity index (χ4v) is 4.17. The van der Waals surface area contributed by atoms with Gasteiger partial charge in [-0.3, -0.25) is 9.89 Å². The van der Waals surface area contributed by atoms with Crippen molar-refractivity contribution in [2.45, 2.75) is 52.2 Å². The van der Waals surface area contributed by atoms with Gasteiger partial charge in [0, 0.05) is 31.2 Å². The minimum absolute atomic E-state index is 0.702. The molecule has 0 unspecified atom stereocenters. The van der Waals surface area contributed by atoms with Crippen LogP contribution in [-0.2, 0) is 19.6 Å². The lowest BCUT2D eigenvalue weighted by Gasteiger charge is -2.20. The zero-order valence-electron chi connectivity index (χ0n) is 16.5. The number of nitrogens with zero attached hydrogens (tertiary/aromatic N) is 3. The molecular formula is C21H31N5S. The SMILES string of the molecule is CN=C(NCc1cccc(CN2CCCCCC2)c1)NCc1ncc(C)s1. The standard InChI is InChI=1S/C21H31N5S/c1-17-13-23-20(27-17)15-25-21(22-2)24-14-18-8-7-9-19(12-18)16-26-10-5-3-4-6-11-26/h7-9,12-13H,3-6,10-11,14-16H2,1-2H3,(H2,22,24,25). The molecule has 1 fully saturated rings. The normalized spacial score (nSPS) is 16.1. The van der Waals surface area contributed by atoms with E-state index in [-0.39, 0.29) is 0 Å². The second-order valence-electron chi connectivity index (χ2n) is 7.15. The molecule has 0 saturated carbocycles. The number of rotatable bonds is 6. The molecule has 27 heavy (non-hydrogen) atoms. The van der Waals surface area contributed by atoms with Crippen LogP contribution in [0.25, 0.3) is 0 Å². The lowest BCUT2D eigenvalue weighted by Crippen LogP contribution is -2.36. The van der Waals surface area contributed by atoms with Crippen molar-refractivity contribution in [1.29, 1.82) is 0 Å². The van der Waals surface area contributed by atoms with Crippen molar-refractivity contribution in [3.05, 3.63) is 51.5 Å². The van der Waals surface area contributed by atoms with Gasteiger partial charge < -0.3 is 10.6 Å². The second kappa shape index (κ2) is 10.4. The van der Waals surface area contributed by atoms with Crippen LogP contribution < -0.4 is 10.6 Å². The van der Waals surface area contributed by atoms with Gasteiger partial charge in [-0.25, -0.2) is 4.98 Å². The summed E-state index contributed by atoms with van der Waals surface area (Å²) in [6.07, 6.45) is 7.34. The van der Waals surface area contributed by atoms with Crippen LogP contribution in [0.3, 0.4) is 0 Å². The molecule has 0 radical (unpaired) electrons. The summed E-state index contributed by atoms with van der Waals surface area (Å²) in [5.41, 5.74) is 2.69. The van der Waals surface area contributed by atoms with E-state index in [2.05, 4.69) is 56.7 Å². The Morgan fingerprint density at radius 3 is 2.56 bits per heavy atom. The van der Waals surface area contributed by atoms with Crippen molar-refractivity contribution in [3.63, 3.8) is 0 Å². The summed E-state index contributed by atoms with van der Waals surface area (Å²) in [4.78, 5) is 12.5. The van der Waals surface area contributed by atoms with E-state index in [1.807, 2.05) is 6.20 Å². The fraction of sp³-hybridized carbons (Fsp3) is 0.524. The highest BCUT2D eigenvalue weighted by atomic mass is 32.1. The van der Waals surface area contributed by atoms with E-state index in [0.29, 0.717) is 6.54 Å². The van der Waals surface area contributed by atoms with Crippen LogP contribution in [0.2, 0.25) is 0 Å². The Morgan fingerprint density at radius 2 is 1.85 bits per heavy atom. The number of aromatic nitrogens is 1. The minimum Gasteiger partial charge on any atom is -0.352 e. The van der Waals surface area contributed by atoms with E-state index in [4.69, 9.17) is 0 Å². The average molecular weight is 386 g/mol. The molecule has 1 aliphatic heterocycles. The first-order valence-corrected chi connectivity index (χ1v) is 10.7. The molecule has 0 spiro atoms. The summed E-state index contributed by atoms with van der Waals surface area (Å²) in [5, 5.41) is 7.82. The van der Waals surface area contributed by atoms with E-state index in [1.165, 1.54) is 54.8 Å². The number of aryl methyl sites for hydroxylation is 1. The van der Waals surface area contributed by atoms with E-state index in [1.54, 1.807) is 18.4 Å². The van der Waals surface area contributed by atoms with Crippen LogP contribution in [0.4, 0.5) is 0 Å². The summed E-state index contributed by atoms with van der Waals surface area (Å²) >= 11 is 1.71. The van der Waals surface area contributed by atoms with Gasteiger partial charge in [0.15, 0.2) is 5.96 Å². The monoisotopic (exact) mass is 385 g/mol. The lowest BCUT2D eigenvalue weighted by molar-refractivity contribution is 0.277. The first-order chi connectivity index (χ1) is 13.2. The molecule has 2 N–H and O–H groups in total. The lowest BCUT2D eigenvalue weighted by atomic mass is 10.1. The molecular weight excluding hydrogens is 354 g/mol. The Kier molecular flexibility index (Phi) is 7.66. The summed E-state index contributed by atoms with van der Waals surface area (Å²) in [7, 11) is 1.80. The Labute approximate surface area is 166 Å². The largest absolute Gasteiger partial charge is 0.352 e. The summed E-state index contributed by atoms with van der Waals surface area (Å²) in [6, 6.07) is 8.90. The van der Waals surface area contributed by atoms with Crippen LogP contribution in [0.15, 0.2) is 35.5 Å². The van der Waals surface area contributed by atoms with Crippen LogP contribution in [0.1, 0.15) is 46.7 Å². The van der Waals surface area contributed by atoms with Crippen LogP contribution in [0.5, 0.6) is 0 Å². The molecule has 1 aromatic heterocycles. The number of benzene rings is 1. The summed E-state index contributed by atoms with van der Waals surface area (Å²) in [6.45, 7) is 7.07. The van der Waals surface area contributed by atoms with E-state index >= 15 is 0 Å². The zero-order chi connectivity index (χ0) is 18.9. The van der Waals surface area contributed by atoms with Gasteiger partial charge in [-0.15, -0.1) is 11.3 Å². The Morgan fingerprint density at radius 1 is 1.11 bits per heavy atom. The van der Waals surface area contributed by atoms with E-state index in [0.717, 1.165) is 24.1 Å². The number of likely N-dealkylation sites (tertiary alicyclic amines) is 1. The van der Waals surface area contributed by atoms with E-state index in [9.17, 15) is 0 Å². The summed E-state index contributed by atoms with van der Waals surface area (Å²) in [5.74, 6) is 0.806. The Bertz CT molecular complexity index is 732. The van der Waals surface area contributed by atoms with Crippen LogP contribution >= 0.6 is 11.3 Å². The Hall–Kier alpha value is -1.92. The third-order valence-electron chi connectivity index (χ3n) is 4.86. The number of guanidine groups is 1. The number of thiazole rings is 1. The maximum Gasteiger partial charge on any atom is 0.191 e. The molecule has 3 rings (SSSR count). The van der Waals surface area contributed by atoms with Gasteiger partial charge in [-0.1, -0.05) is 37.1 Å². The van der Waals surface area contributed by atoms with Gasteiger partial charge in [-0.05, 0) is 44.0 Å². The third kappa shape index (κ3) is 6.63. The topological polar surface area (TPSA) is 52.6 Å². The van der Waals surface area contributed by atoms with Crippen molar-refractivity contribution in [3.8, 4) is 0 Å². The van der Waals surface area contributed by atoms with Crippen LogP contribution in [0, 0.1) is 6.92 Å². The van der Waals surface area contributed by atoms with Gasteiger partial charge in [0.25, 0.3) is 0 Å². The van der Waals surface area contributed by atoms with Crippen molar-refractivity contribution < 1.29 is 0 Å². The highest BCUT2D eigenvalue weighted by Crippen LogP contribution is 2.14. The van der Waals surface area contributed by atoms with Gasteiger partial charge in [0.1, 0.15) is 5.01 Å². The van der Waals surface area contributed by atoms with Crippen molar-refractivity contribution in [2.75, 3.05) is 20.1 Å². The van der Waals surface area contributed by atoms with Gasteiger partial charge >= 0.3 is 0 Å². The first-order valence-electron chi connectivity index (χ1n) is 9.89. The summed E-state index contributed by atoms with van der Waals surface area (Å²) < 4.78 is 0. The van der Waals surface area contributed by atoms with Crippen molar-refractivity contribution in [1.82, 2.24) is 20.5 Å². The molecule has 2 aromatic rings. The number of nitrogens with one attached hydrogen (secondary N) is 2. The van der Waals surface area contributed by atoms with Crippen LogP contribution in [-0.4, -0.2) is 36.0 Å². The zero-order valence-corrected chi connectivity index (χ0v) is 17.3. The number of hydrogen-bond donors (Lipinski definition) is 2. The molecule has 1 saturated heterocycles. The Balaban J connectivity index is 1.49. The predicted molar refractivity (Wildman–Crippen MR) is 114 cm³/mol. The quantitative estimate of drug-likeness (QED) is 0.588. The van der Waals surface area contributed by atoms with Gasteiger partial charge in [0.05, 0.1) is 6.54 Å². The fourth-order valence-electron chi connectivity index (χ4n) is 3.44. The average Bonchev–Trinajstić information content (AvgIpc) is 2.93. The van der Waals surface area contributed by atoms with Crippen molar-refractivity contribution >= 4 is 17.3 Å². The molecule has 1 aliphatic rings. The predicted octanol–water partition coefficient (Wildman–Crippen LogP) is 3.69. The number of aliphatic imine (C=N–C) groups is 1. The molecule has 0 atom stereocenters. The maximum atomic E-state index is 4.38. The maximum absolute atomic E-state index is 4.38. The highest BCUT2D eigenvalue weighted by molar-refractivity contribution is 7.11. The molecule has 1 aromatic carbocycles. The molecule has 0 bridgehead atoms. The van der Waals surface area contributed by atoms with Gasteiger partial charge in [0.2, 0.25) is 0 Å². The molecule has 5 nitrogen and oxygen atoms in total. The van der Waals surface area contributed by atoms with Gasteiger partial charge in [-0.2, -0.15) is 0 Å². The van der Waals surface area contributed by atoms with Crippen molar-refractivity contribution in [2.24, 2.45) is 4.99 Å². The molecule has 6 heteroatoms. The smallest absolute Gasteiger partial charge is 0.191 e.